The summed E-state index contributed by atoms with van der Waals surface area (Å²) in [7, 11) is 0. The third-order valence-electron chi connectivity index (χ3n) is 4.24. The summed E-state index contributed by atoms with van der Waals surface area (Å²) in [4.78, 5) is 14.5. The third-order valence-corrected chi connectivity index (χ3v) is 4.24. The maximum Gasteiger partial charge on any atom is 0.237 e. The van der Waals surface area contributed by atoms with E-state index in [1.807, 2.05) is 6.07 Å². The summed E-state index contributed by atoms with van der Waals surface area (Å²) in [6.45, 7) is 8.97. The number of carbonyl (C=O) groups excluding carboxylic acids is 1. The van der Waals surface area contributed by atoms with E-state index in [0.29, 0.717) is 6.54 Å². The Morgan fingerprint density at radius 3 is 2.43 bits per heavy atom. The van der Waals surface area contributed by atoms with Crippen LogP contribution in [0.2, 0.25) is 0 Å². The zero-order chi connectivity index (χ0) is 15.1. The van der Waals surface area contributed by atoms with E-state index < -0.39 is 0 Å². The van der Waals surface area contributed by atoms with E-state index in [-0.39, 0.29) is 36.8 Å². The highest BCUT2D eigenvalue weighted by atomic mass is 35.5. The maximum atomic E-state index is 12.1. The van der Waals surface area contributed by atoms with E-state index in [2.05, 4.69) is 47.6 Å². The number of hydrogen-bond donors (Lipinski definition) is 2. The number of nitrogens with zero attached hydrogens (tertiary/aromatic N) is 1. The minimum Gasteiger partial charge on any atom is -0.351 e. The van der Waals surface area contributed by atoms with E-state index in [4.69, 9.17) is 0 Å². The van der Waals surface area contributed by atoms with Crippen LogP contribution in [0.1, 0.15) is 37.8 Å². The largest absolute Gasteiger partial charge is 0.351 e. The van der Waals surface area contributed by atoms with E-state index in [1.165, 1.54) is 11.1 Å². The smallest absolute Gasteiger partial charge is 0.237 e. The molecule has 1 aromatic carbocycles. The molecule has 1 fully saturated rings. The van der Waals surface area contributed by atoms with Gasteiger partial charge in [0.1, 0.15) is 0 Å². The van der Waals surface area contributed by atoms with E-state index in [9.17, 15) is 4.79 Å². The summed E-state index contributed by atoms with van der Waals surface area (Å²) in [6, 6.07) is 8.39. The van der Waals surface area contributed by atoms with Gasteiger partial charge in [-0.25, -0.2) is 0 Å². The Labute approximate surface area is 152 Å². The molecule has 132 valence electrons. The second-order valence-electron chi connectivity index (χ2n) is 5.60. The molecule has 23 heavy (non-hydrogen) atoms. The molecule has 6 heteroatoms. The highest BCUT2D eigenvalue weighted by molar-refractivity contribution is 5.85. The van der Waals surface area contributed by atoms with Gasteiger partial charge in [0.25, 0.3) is 0 Å². The molecule has 1 aliphatic rings. The van der Waals surface area contributed by atoms with Crippen LogP contribution in [-0.2, 0) is 17.9 Å². The quantitative estimate of drug-likeness (QED) is 0.784. The highest BCUT2D eigenvalue weighted by Crippen LogP contribution is 2.12. The van der Waals surface area contributed by atoms with E-state index >= 15 is 0 Å². The second-order valence-corrected chi connectivity index (χ2v) is 5.60. The normalized spacial score (nSPS) is 16.6. The molecule has 0 saturated carbocycles. The average Bonchev–Trinajstić information content (AvgIpc) is 3.05. The number of rotatable bonds is 7. The first-order valence-corrected chi connectivity index (χ1v) is 8.04. The number of nitrogens with one attached hydrogen (secondary N) is 2. The summed E-state index contributed by atoms with van der Waals surface area (Å²) in [5.74, 6) is 0.130. The van der Waals surface area contributed by atoms with Gasteiger partial charge in [0.2, 0.25) is 5.91 Å². The van der Waals surface area contributed by atoms with Gasteiger partial charge in [-0.2, -0.15) is 0 Å². The first-order valence-electron chi connectivity index (χ1n) is 8.04. The highest BCUT2D eigenvalue weighted by Gasteiger charge is 2.21. The van der Waals surface area contributed by atoms with Crippen LogP contribution < -0.4 is 10.6 Å². The zero-order valence-electron chi connectivity index (χ0n) is 14.0. The molecule has 0 aliphatic carbocycles. The van der Waals surface area contributed by atoms with Crippen LogP contribution in [0.25, 0.3) is 0 Å². The summed E-state index contributed by atoms with van der Waals surface area (Å²) in [5.41, 5.74) is 2.52. The number of hydrogen-bond acceptors (Lipinski definition) is 3. The molecule has 1 heterocycles. The Morgan fingerprint density at radius 2 is 1.87 bits per heavy atom. The van der Waals surface area contributed by atoms with Crippen LogP contribution in [-0.4, -0.2) is 36.5 Å². The molecular formula is C17H29Cl2N3O. The molecule has 0 aromatic heterocycles. The fraction of sp³-hybridized carbons (Fsp3) is 0.588. The Bertz CT molecular complexity index is 461. The van der Waals surface area contributed by atoms with Crippen LogP contribution >= 0.6 is 24.8 Å². The topological polar surface area (TPSA) is 44.4 Å². The maximum absolute atomic E-state index is 12.1. The third kappa shape index (κ3) is 6.68. The molecule has 4 nitrogen and oxygen atoms in total. The van der Waals surface area contributed by atoms with Crippen molar-refractivity contribution in [2.24, 2.45) is 0 Å². The number of amides is 1. The Hall–Kier alpha value is -0.810. The van der Waals surface area contributed by atoms with Crippen molar-refractivity contribution in [3.63, 3.8) is 0 Å². The van der Waals surface area contributed by atoms with Crippen LogP contribution in [0.3, 0.4) is 0 Å². The lowest BCUT2D eigenvalue weighted by Crippen LogP contribution is -2.40. The first-order chi connectivity index (χ1) is 10.2. The molecule has 0 bridgehead atoms. The SMILES string of the molecule is CCN(CC)Cc1ccccc1CNC(=O)[C@@H]1CCCN1.Cl.Cl. The summed E-state index contributed by atoms with van der Waals surface area (Å²) in [5, 5.41) is 6.31. The van der Waals surface area contributed by atoms with Crippen LogP contribution in [0, 0.1) is 0 Å². The fourth-order valence-corrected chi connectivity index (χ4v) is 2.79. The summed E-state index contributed by atoms with van der Waals surface area (Å²) in [6.07, 6.45) is 2.05. The van der Waals surface area contributed by atoms with Crippen molar-refractivity contribution in [3.8, 4) is 0 Å². The van der Waals surface area contributed by atoms with Gasteiger partial charge in [-0.3, -0.25) is 9.69 Å². The summed E-state index contributed by atoms with van der Waals surface area (Å²) >= 11 is 0. The lowest BCUT2D eigenvalue weighted by molar-refractivity contribution is -0.122. The standard InChI is InChI=1S/C17H27N3O.2ClH/c1-3-20(4-2)13-15-9-6-5-8-14(15)12-19-17(21)16-10-7-11-18-16;;/h5-6,8-9,16,18H,3-4,7,10-13H2,1-2H3,(H,19,21);2*1H/t16-;;/m0../s1. The van der Waals surface area contributed by atoms with Crippen molar-refractivity contribution in [2.75, 3.05) is 19.6 Å². The number of halogens is 2. The molecule has 0 radical (unpaired) electrons. The van der Waals surface area contributed by atoms with Gasteiger partial charge in [0.15, 0.2) is 0 Å². The fourth-order valence-electron chi connectivity index (χ4n) is 2.79. The Morgan fingerprint density at radius 1 is 1.22 bits per heavy atom. The van der Waals surface area contributed by atoms with Gasteiger partial charge in [0, 0.05) is 13.1 Å². The molecule has 1 aromatic rings. The van der Waals surface area contributed by atoms with Crippen molar-refractivity contribution >= 4 is 30.7 Å². The van der Waals surface area contributed by atoms with Crippen LogP contribution in [0.5, 0.6) is 0 Å². The average molecular weight is 362 g/mol. The van der Waals surface area contributed by atoms with E-state index in [1.54, 1.807) is 0 Å². The van der Waals surface area contributed by atoms with Crippen LogP contribution in [0.4, 0.5) is 0 Å². The van der Waals surface area contributed by atoms with Crippen molar-refractivity contribution < 1.29 is 4.79 Å². The van der Waals surface area contributed by atoms with Gasteiger partial charge in [-0.1, -0.05) is 38.1 Å². The molecule has 1 saturated heterocycles. The number of carbonyl (C=O) groups is 1. The number of benzene rings is 1. The molecule has 1 atom stereocenters. The van der Waals surface area contributed by atoms with E-state index in [0.717, 1.165) is 39.0 Å². The lowest BCUT2D eigenvalue weighted by Gasteiger charge is -2.20. The monoisotopic (exact) mass is 361 g/mol. The molecule has 2 rings (SSSR count). The Balaban J connectivity index is 0.00000242. The molecule has 1 aliphatic heterocycles. The lowest BCUT2D eigenvalue weighted by atomic mass is 10.1. The van der Waals surface area contributed by atoms with Gasteiger partial charge < -0.3 is 10.6 Å². The van der Waals surface area contributed by atoms with Gasteiger partial charge in [-0.05, 0) is 43.6 Å². The summed E-state index contributed by atoms with van der Waals surface area (Å²) < 4.78 is 0. The predicted octanol–water partition coefficient (Wildman–Crippen LogP) is 2.74. The van der Waals surface area contributed by atoms with Crippen molar-refractivity contribution in [1.29, 1.82) is 0 Å². The molecule has 0 unspecified atom stereocenters. The molecule has 0 spiro atoms. The minimum atomic E-state index is -0.0000515. The van der Waals surface area contributed by atoms with Crippen molar-refractivity contribution in [1.82, 2.24) is 15.5 Å². The van der Waals surface area contributed by atoms with Crippen LogP contribution in [0.15, 0.2) is 24.3 Å². The van der Waals surface area contributed by atoms with Gasteiger partial charge >= 0.3 is 0 Å². The van der Waals surface area contributed by atoms with Gasteiger partial charge in [0.05, 0.1) is 6.04 Å². The first kappa shape index (κ1) is 22.2. The second kappa shape index (κ2) is 11.7. The molecule has 2 N–H and O–H groups in total. The van der Waals surface area contributed by atoms with Crippen molar-refractivity contribution in [3.05, 3.63) is 35.4 Å². The predicted molar refractivity (Wildman–Crippen MR) is 100 cm³/mol. The zero-order valence-corrected chi connectivity index (χ0v) is 15.6. The Kier molecular flexibility index (Phi) is 11.3. The minimum absolute atomic E-state index is 0. The van der Waals surface area contributed by atoms with Crippen molar-refractivity contribution in [2.45, 2.75) is 45.8 Å². The van der Waals surface area contributed by atoms with Gasteiger partial charge in [-0.15, -0.1) is 24.8 Å². The molecular weight excluding hydrogens is 333 g/mol. The molecule has 1 amide bonds.